The van der Waals surface area contributed by atoms with E-state index in [0.29, 0.717) is 0 Å². The lowest BCUT2D eigenvalue weighted by Crippen LogP contribution is -2.61. The molecule has 0 saturated heterocycles. The zero-order valence-electron chi connectivity index (χ0n) is 43.1. The fourth-order valence-electron chi connectivity index (χ4n) is 12.4. The van der Waals surface area contributed by atoms with Gasteiger partial charge in [0.15, 0.2) is 0 Å². The largest absolute Gasteiger partial charge is 0.311 e. The molecular weight excluding hydrogens is 828 g/mol. The van der Waals surface area contributed by atoms with Crippen molar-refractivity contribution < 1.29 is 0 Å². The highest BCUT2D eigenvalue weighted by molar-refractivity contribution is 7.33. The van der Waals surface area contributed by atoms with Crippen LogP contribution in [0.2, 0.25) is 0 Å². The molecule has 2 aliphatic carbocycles. The van der Waals surface area contributed by atoms with E-state index in [1.54, 1.807) is 0 Å². The Hall–Kier alpha value is -5.06. The molecule has 0 saturated carbocycles. The van der Waals surface area contributed by atoms with Crippen LogP contribution in [-0.2, 0) is 32.5 Å². The maximum absolute atomic E-state index is 2.71. The van der Waals surface area contributed by atoms with Crippen LogP contribution in [0.25, 0.3) is 21.2 Å². The first-order valence-corrected chi connectivity index (χ1v) is 26.0. The van der Waals surface area contributed by atoms with Crippen molar-refractivity contribution in [1.29, 1.82) is 0 Å². The number of benzene rings is 6. The molecule has 1 aromatic heterocycles. The van der Waals surface area contributed by atoms with Gasteiger partial charge < -0.3 is 9.80 Å². The van der Waals surface area contributed by atoms with Gasteiger partial charge in [-0.2, -0.15) is 0 Å². The first-order chi connectivity index (χ1) is 31.4. The first kappa shape index (κ1) is 44.5. The lowest BCUT2D eigenvalue weighted by molar-refractivity contribution is 0.332. The van der Waals surface area contributed by atoms with Crippen LogP contribution >= 0.6 is 11.3 Å². The Bertz CT molecular complexity index is 3180. The molecular formula is C63H71BN2S. The van der Waals surface area contributed by atoms with Crippen LogP contribution in [0, 0.1) is 6.92 Å². The molecule has 0 radical (unpaired) electrons. The van der Waals surface area contributed by atoms with Gasteiger partial charge >= 0.3 is 0 Å². The minimum Gasteiger partial charge on any atom is -0.311 e. The van der Waals surface area contributed by atoms with E-state index in [0.717, 1.165) is 0 Å². The van der Waals surface area contributed by atoms with E-state index in [9.17, 15) is 0 Å². The lowest BCUT2D eigenvalue weighted by Gasteiger charge is -2.47. The van der Waals surface area contributed by atoms with Crippen molar-refractivity contribution in [2.75, 3.05) is 9.80 Å². The van der Waals surface area contributed by atoms with Gasteiger partial charge in [0.25, 0.3) is 6.71 Å². The van der Waals surface area contributed by atoms with Crippen LogP contribution in [0.3, 0.4) is 0 Å². The Morgan fingerprint density at radius 3 is 1.69 bits per heavy atom. The number of hydrogen-bond donors (Lipinski definition) is 0. The Morgan fingerprint density at radius 1 is 0.507 bits per heavy atom. The minimum atomic E-state index is -0.0102. The van der Waals surface area contributed by atoms with E-state index < -0.39 is 0 Å². The molecule has 2 nitrogen and oxygen atoms in total. The van der Waals surface area contributed by atoms with E-state index in [1.165, 1.54) is 136 Å². The van der Waals surface area contributed by atoms with E-state index >= 15 is 0 Å². The third-order valence-electron chi connectivity index (χ3n) is 16.9. The number of thiophene rings is 1. The molecule has 0 fully saturated rings. The van der Waals surface area contributed by atoms with Gasteiger partial charge in [-0.15, -0.1) is 11.3 Å². The van der Waals surface area contributed by atoms with Crippen LogP contribution in [-0.4, -0.2) is 6.71 Å². The maximum Gasteiger partial charge on any atom is 0.264 e. The molecule has 4 aliphatic rings. The van der Waals surface area contributed by atoms with Gasteiger partial charge in [-0.1, -0.05) is 152 Å². The Balaban J connectivity index is 1.29. The van der Waals surface area contributed by atoms with E-state index in [4.69, 9.17) is 0 Å². The van der Waals surface area contributed by atoms with Crippen LogP contribution in [0.15, 0.2) is 109 Å². The molecule has 0 spiro atoms. The van der Waals surface area contributed by atoms with Gasteiger partial charge in [0.05, 0.1) is 11.4 Å². The molecule has 6 aromatic carbocycles. The summed E-state index contributed by atoms with van der Waals surface area (Å²) in [5, 5.41) is 1.35. The second-order valence-electron chi connectivity index (χ2n) is 25.7. The number of rotatable bonds is 3. The molecule has 67 heavy (non-hydrogen) atoms. The third-order valence-corrected chi connectivity index (χ3v) is 18.2. The molecule has 4 heteroatoms. The van der Waals surface area contributed by atoms with Gasteiger partial charge in [-0.25, -0.2) is 0 Å². The predicted octanol–water partition coefficient (Wildman–Crippen LogP) is 16.3. The van der Waals surface area contributed by atoms with Gasteiger partial charge in [0.1, 0.15) is 0 Å². The summed E-state index contributed by atoms with van der Waals surface area (Å²) < 4.78 is 2.80. The standard InChI is InChI=1S/C63H71BN2S/c1-38-31-52-55-53(32-38)66(50-25-21-40(58(2,3)4)33-43(50)39-19-17-16-18-20-39)56-44-34-41(59(5,6)7)22-26-54(44)67-57(56)64(55)49-36-47-48(63(14,15)30-29-62(47,12)13)37-51(49)65(52)42-23-24-45-46(35-42)61(10,11)28-27-60(45,8)9/h16-26,31-37H,27-30H2,1-15H3. The van der Waals surface area contributed by atoms with Crippen molar-refractivity contribution >= 4 is 78.0 Å². The second-order valence-corrected chi connectivity index (χ2v) is 26.8. The summed E-state index contributed by atoms with van der Waals surface area (Å²) in [4.78, 5) is 5.42. The highest BCUT2D eigenvalue weighted by Crippen LogP contribution is 2.55. The molecule has 0 bridgehead atoms. The molecule has 3 heterocycles. The maximum atomic E-state index is 2.71. The molecule has 0 atom stereocenters. The Kier molecular flexibility index (Phi) is 9.61. The summed E-state index contributed by atoms with van der Waals surface area (Å²) in [5.41, 5.74) is 23.5. The Morgan fingerprint density at radius 2 is 1.06 bits per heavy atom. The van der Waals surface area contributed by atoms with Crippen LogP contribution < -0.4 is 25.5 Å². The van der Waals surface area contributed by atoms with Crippen LogP contribution in [0.4, 0.5) is 34.1 Å². The summed E-state index contributed by atoms with van der Waals surface area (Å²) in [6.45, 7) is 36.3. The third kappa shape index (κ3) is 6.84. The van der Waals surface area contributed by atoms with Gasteiger partial charge in [-0.05, 0) is 175 Å². The topological polar surface area (TPSA) is 6.48 Å². The summed E-state index contributed by atoms with van der Waals surface area (Å²) in [5.74, 6) is 0. The summed E-state index contributed by atoms with van der Waals surface area (Å²) in [6.07, 6.45) is 4.75. The quantitative estimate of drug-likeness (QED) is 0.163. The van der Waals surface area contributed by atoms with Gasteiger partial charge in [-0.3, -0.25) is 0 Å². The molecule has 11 rings (SSSR count). The predicted molar refractivity (Wildman–Crippen MR) is 294 cm³/mol. The molecule has 0 N–H and O–H groups in total. The van der Waals surface area contributed by atoms with Crippen molar-refractivity contribution in [3.8, 4) is 11.1 Å². The van der Waals surface area contributed by atoms with E-state index in [2.05, 4.69) is 223 Å². The van der Waals surface area contributed by atoms with E-state index in [1.807, 2.05) is 11.3 Å². The summed E-state index contributed by atoms with van der Waals surface area (Å²) in [7, 11) is 0. The highest BCUT2D eigenvalue weighted by atomic mass is 32.1. The molecule has 7 aromatic rings. The zero-order valence-corrected chi connectivity index (χ0v) is 43.9. The smallest absolute Gasteiger partial charge is 0.264 e. The van der Waals surface area contributed by atoms with Crippen molar-refractivity contribution in [2.24, 2.45) is 0 Å². The number of aryl methyl sites for hydroxylation is 1. The van der Waals surface area contributed by atoms with Gasteiger partial charge in [0.2, 0.25) is 0 Å². The average Bonchev–Trinajstić information content (AvgIpc) is 3.64. The number of hydrogen-bond acceptors (Lipinski definition) is 3. The van der Waals surface area contributed by atoms with Crippen molar-refractivity contribution in [3.63, 3.8) is 0 Å². The second kappa shape index (κ2) is 14.5. The normalized spacial score (nSPS) is 18.5. The van der Waals surface area contributed by atoms with Crippen LogP contribution in [0.1, 0.15) is 162 Å². The first-order valence-electron chi connectivity index (χ1n) is 25.2. The van der Waals surface area contributed by atoms with E-state index in [-0.39, 0.29) is 39.2 Å². The fourth-order valence-corrected chi connectivity index (χ4v) is 13.7. The number of fused-ring (bicyclic) bond motifs is 8. The molecule has 0 amide bonds. The highest BCUT2D eigenvalue weighted by Gasteiger charge is 2.49. The zero-order chi connectivity index (χ0) is 47.5. The van der Waals surface area contributed by atoms with Gasteiger partial charge in [0, 0.05) is 43.2 Å². The average molecular weight is 899 g/mol. The van der Waals surface area contributed by atoms with Crippen molar-refractivity contribution in [2.45, 2.75) is 162 Å². The summed E-state index contributed by atoms with van der Waals surface area (Å²) >= 11 is 2.03. The monoisotopic (exact) mass is 899 g/mol. The SMILES string of the molecule is Cc1cc2c3c(c1)N(c1ccc(C(C)(C)C)cc1-c1ccccc1)c1c(sc4ccc(C(C)(C)C)cc14)B3c1cc3c(cc1N2c1ccc2c(c1)C(C)(C)CCC2(C)C)C(C)(C)CCC3(C)C. The lowest BCUT2D eigenvalue weighted by atomic mass is 9.35. The molecule has 2 aliphatic heterocycles. The molecule has 0 unspecified atom stereocenters. The van der Waals surface area contributed by atoms with Crippen LogP contribution in [0.5, 0.6) is 0 Å². The fraction of sp³-hybridized carbons (Fsp3) is 0.397. The number of nitrogens with zero attached hydrogens (tertiary/aromatic N) is 2. The summed E-state index contributed by atoms with van der Waals surface area (Å²) in [6, 6.07) is 43.8. The molecule has 342 valence electrons. The number of anilines is 6. The van der Waals surface area contributed by atoms with Crippen molar-refractivity contribution in [1.82, 2.24) is 0 Å². The Labute approximate surface area is 406 Å². The minimum absolute atomic E-state index is 0.00176. The van der Waals surface area contributed by atoms with Crippen molar-refractivity contribution in [3.05, 3.63) is 148 Å².